The van der Waals surface area contributed by atoms with Crippen molar-refractivity contribution in [2.75, 3.05) is 0 Å². The maximum atomic E-state index is 11.2. The third-order valence-electron chi connectivity index (χ3n) is 2.61. The summed E-state index contributed by atoms with van der Waals surface area (Å²) in [4.78, 5) is 11.2. The number of carboxylic acids is 1. The third kappa shape index (κ3) is 3.12. The average Bonchev–Trinajstić information content (AvgIpc) is 2.34. The predicted octanol–water partition coefficient (Wildman–Crippen LogP) is 4.39. The van der Waals surface area contributed by atoms with Crippen LogP contribution in [0.15, 0.2) is 46.9 Å². The molecular weight excluding hydrogens is 316 g/mol. The number of hydrogen-bond donors (Lipinski definition) is 1. The van der Waals surface area contributed by atoms with Crippen LogP contribution in [0, 0.1) is 0 Å². The maximum Gasteiger partial charge on any atom is 0.336 e. The number of carboxylic acid groups (broad SMARTS) is 1. The highest BCUT2D eigenvalue weighted by Crippen LogP contribution is 2.20. The highest BCUT2D eigenvalue weighted by molar-refractivity contribution is 9.10. The zero-order valence-corrected chi connectivity index (χ0v) is 11.7. The van der Waals surface area contributed by atoms with Crippen LogP contribution >= 0.6 is 27.5 Å². The highest BCUT2D eigenvalue weighted by atomic mass is 79.9. The van der Waals surface area contributed by atoms with Crippen molar-refractivity contribution >= 4 is 33.5 Å². The van der Waals surface area contributed by atoms with Crippen LogP contribution in [-0.4, -0.2) is 11.1 Å². The van der Waals surface area contributed by atoms with Crippen LogP contribution in [0.2, 0.25) is 5.02 Å². The number of rotatable bonds is 3. The summed E-state index contributed by atoms with van der Waals surface area (Å²) >= 11 is 9.10. The molecule has 0 aliphatic carbocycles. The summed E-state index contributed by atoms with van der Waals surface area (Å²) in [7, 11) is 0. The summed E-state index contributed by atoms with van der Waals surface area (Å²) in [6, 6.07) is 12.7. The number of halogens is 2. The van der Waals surface area contributed by atoms with Gasteiger partial charge in [0.1, 0.15) is 0 Å². The molecule has 0 saturated carbocycles. The zero-order chi connectivity index (χ0) is 13.1. The molecule has 18 heavy (non-hydrogen) atoms. The van der Waals surface area contributed by atoms with E-state index in [0.29, 0.717) is 17.0 Å². The smallest absolute Gasteiger partial charge is 0.336 e. The average molecular weight is 326 g/mol. The van der Waals surface area contributed by atoms with Gasteiger partial charge in [-0.1, -0.05) is 45.7 Å². The number of benzene rings is 2. The zero-order valence-electron chi connectivity index (χ0n) is 9.36. The van der Waals surface area contributed by atoms with Crippen LogP contribution in [0.25, 0.3) is 0 Å². The van der Waals surface area contributed by atoms with Gasteiger partial charge in [0.2, 0.25) is 0 Å². The first kappa shape index (κ1) is 13.1. The number of hydrogen-bond acceptors (Lipinski definition) is 1. The monoisotopic (exact) mass is 324 g/mol. The lowest BCUT2D eigenvalue weighted by atomic mass is 10.00. The van der Waals surface area contributed by atoms with E-state index in [2.05, 4.69) is 15.9 Å². The molecule has 92 valence electrons. The first-order valence-corrected chi connectivity index (χ1v) is 6.49. The molecular formula is C14H10BrClO2. The fraction of sp³-hybridized carbons (Fsp3) is 0.0714. The van der Waals surface area contributed by atoms with Crippen molar-refractivity contribution in [2.24, 2.45) is 0 Å². The molecule has 0 aromatic heterocycles. The molecule has 0 atom stereocenters. The van der Waals surface area contributed by atoms with Crippen LogP contribution in [0.4, 0.5) is 0 Å². The van der Waals surface area contributed by atoms with E-state index in [1.54, 1.807) is 18.2 Å². The highest BCUT2D eigenvalue weighted by Gasteiger charge is 2.10. The van der Waals surface area contributed by atoms with E-state index in [1.165, 1.54) is 0 Å². The van der Waals surface area contributed by atoms with E-state index in [4.69, 9.17) is 11.6 Å². The largest absolute Gasteiger partial charge is 0.478 e. The molecule has 0 unspecified atom stereocenters. The minimum Gasteiger partial charge on any atom is -0.478 e. The van der Waals surface area contributed by atoms with Crippen LogP contribution in [-0.2, 0) is 6.42 Å². The van der Waals surface area contributed by atoms with E-state index < -0.39 is 5.97 Å². The molecule has 0 heterocycles. The Morgan fingerprint density at radius 3 is 2.44 bits per heavy atom. The summed E-state index contributed by atoms with van der Waals surface area (Å²) < 4.78 is 0.764. The van der Waals surface area contributed by atoms with Gasteiger partial charge in [-0.3, -0.25) is 0 Å². The van der Waals surface area contributed by atoms with Crippen molar-refractivity contribution in [1.82, 2.24) is 0 Å². The second-order valence-corrected chi connectivity index (χ2v) is 5.26. The molecule has 0 radical (unpaired) electrons. The summed E-state index contributed by atoms with van der Waals surface area (Å²) in [6.07, 6.45) is 0.575. The van der Waals surface area contributed by atoms with E-state index in [1.807, 2.05) is 24.3 Å². The molecule has 0 saturated heterocycles. The Balaban J connectivity index is 2.34. The Morgan fingerprint density at radius 1 is 1.17 bits per heavy atom. The van der Waals surface area contributed by atoms with Crippen molar-refractivity contribution in [2.45, 2.75) is 6.42 Å². The second kappa shape index (κ2) is 5.55. The number of carbonyl (C=O) groups is 1. The SMILES string of the molecule is O=C(O)c1cc(Br)ccc1Cc1ccc(Cl)cc1. The normalized spacial score (nSPS) is 10.3. The van der Waals surface area contributed by atoms with Gasteiger partial charge in [-0.25, -0.2) is 4.79 Å². The fourth-order valence-corrected chi connectivity index (χ4v) is 2.21. The van der Waals surface area contributed by atoms with Crippen molar-refractivity contribution < 1.29 is 9.90 Å². The summed E-state index contributed by atoms with van der Waals surface area (Å²) in [5.41, 5.74) is 2.14. The van der Waals surface area contributed by atoms with E-state index in [9.17, 15) is 9.90 Å². The predicted molar refractivity (Wildman–Crippen MR) is 75.4 cm³/mol. The summed E-state index contributed by atoms with van der Waals surface area (Å²) in [6.45, 7) is 0. The molecule has 2 nitrogen and oxygen atoms in total. The van der Waals surface area contributed by atoms with Gasteiger partial charge < -0.3 is 5.11 Å². The van der Waals surface area contributed by atoms with E-state index in [0.717, 1.165) is 15.6 Å². The molecule has 0 spiro atoms. The maximum absolute atomic E-state index is 11.2. The Bertz CT molecular complexity index is 579. The Hall–Kier alpha value is -1.32. The Labute approximate surface area is 118 Å². The summed E-state index contributed by atoms with van der Waals surface area (Å²) in [5.74, 6) is -0.916. The molecule has 0 fully saturated rings. The molecule has 0 aliphatic rings. The minimum atomic E-state index is -0.916. The van der Waals surface area contributed by atoms with Gasteiger partial charge in [0.25, 0.3) is 0 Å². The standard InChI is InChI=1S/C14H10BrClO2/c15-11-4-3-10(13(8-11)14(17)18)7-9-1-5-12(16)6-2-9/h1-6,8H,7H2,(H,17,18). The van der Waals surface area contributed by atoms with Crippen LogP contribution in [0.3, 0.4) is 0 Å². The quantitative estimate of drug-likeness (QED) is 0.908. The fourth-order valence-electron chi connectivity index (χ4n) is 1.72. The topological polar surface area (TPSA) is 37.3 Å². The molecule has 2 aromatic rings. The van der Waals surface area contributed by atoms with E-state index in [-0.39, 0.29) is 0 Å². The molecule has 0 aliphatic heterocycles. The van der Waals surface area contributed by atoms with Crippen molar-refractivity contribution in [3.05, 3.63) is 68.7 Å². The molecule has 1 N–H and O–H groups in total. The van der Waals surface area contributed by atoms with Crippen LogP contribution in [0.1, 0.15) is 21.5 Å². The lowest BCUT2D eigenvalue weighted by Crippen LogP contribution is -2.03. The first-order chi connectivity index (χ1) is 8.56. The lowest BCUT2D eigenvalue weighted by Gasteiger charge is -2.07. The van der Waals surface area contributed by atoms with Gasteiger partial charge in [-0.15, -0.1) is 0 Å². The molecule has 2 rings (SSSR count). The van der Waals surface area contributed by atoms with E-state index >= 15 is 0 Å². The number of aromatic carboxylic acids is 1. The Kier molecular flexibility index (Phi) is 4.04. The van der Waals surface area contributed by atoms with Crippen LogP contribution < -0.4 is 0 Å². The molecule has 0 amide bonds. The van der Waals surface area contributed by atoms with Gasteiger partial charge in [-0.05, 0) is 41.8 Å². The van der Waals surface area contributed by atoms with Crippen molar-refractivity contribution in [3.63, 3.8) is 0 Å². The van der Waals surface area contributed by atoms with Gasteiger partial charge in [0.15, 0.2) is 0 Å². The van der Waals surface area contributed by atoms with Gasteiger partial charge in [0, 0.05) is 9.50 Å². The van der Waals surface area contributed by atoms with Crippen LogP contribution in [0.5, 0.6) is 0 Å². The summed E-state index contributed by atoms with van der Waals surface area (Å²) in [5, 5.41) is 9.84. The van der Waals surface area contributed by atoms with Gasteiger partial charge in [0.05, 0.1) is 5.56 Å². The van der Waals surface area contributed by atoms with Gasteiger partial charge in [-0.2, -0.15) is 0 Å². The first-order valence-electron chi connectivity index (χ1n) is 5.32. The minimum absolute atomic E-state index is 0.319. The molecule has 2 aromatic carbocycles. The Morgan fingerprint density at radius 2 is 1.83 bits per heavy atom. The molecule has 0 bridgehead atoms. The van der Waals surface area contributed by atoms with Crippen molar-refractivity contribution in [1.29, 1.82) is 0 Å². The van der Waals surface area contributed by atoms with Crippen molar-refractivity contribution in [3.8, 4) is 0 Å². The second-order valence-electron chi connectivity index (χ2n) is 3.91. The lowest BCUT2D eigenvalue weighted by molar-refractivity contribution is 0.0696. The van der Waals surface area contributed by atoms with Gasteiger partial charge >= 0.3 is 5.97 Å². The molecule has 4 heteroatoms. The third-order valence-corrected chi connectivity index (χ3v) is 3.36.